The second-order valence-electron chi connectivity index (χ2n) is 2.36. The first-order chi connectivity index (χ1) is 5.72. The van der Waals surface area contributed by atoms with Crippen LogP contribution in [-0.2, 0) is 4.74 Å². The number of rotatable bonds is 3. The van der Waals surface area contributed by atoms with E-state index in [0.717, 1.165) is 10.0 Å². The Morgan fingerprint density at radius 3 is 2.83 bits per heavy atom. The van der Waals surface area contributed by atoms with Crippen molar-refractivity contribution in [2.45, 2.75) is 0 Å². The highest BCUT2D eigenvalue weighted by atomic mass is 79.9. The molecule has 0 aromatic heterocycles. The van der Waals surface area contributed by atoms with Crippen molar-refractivity contribution in [1.29, 1.82) is 0 Å². The van der Waals surface area contributed by atoms with E-state index in [1.165, 1.54) is 12.1 Å². The lowest BCUT2D eigenvalue weighted by Gasteiger charge is -2.00. The van der Waals surface area contributed by atoms with Crippen molar-refractivity contribution in [3.05, 3.63) is 40.5 Å². The van der Waals surface area contributed by atoms with E-state index < -0.39 is 0 Å². The molecule has 0 spiro atoms. The molecule has 1 radical (unpaired) electrons. The Morgan fingerprint density at radius 2 is 2.25 bits per heavy atom. The van der Waals surface area contributed by atoms with E-state index in [0.29, 0.717) is 6.61 Å². The molecule has 65 valence electrons. The Kier molecular flexibility index (Phi) is 3.69. The number of hydrogen-bond donors (Lipinski definition) is 0. The summed E-state index contributed by atoms with van der Waals surface area (Å²) in [6, 6.07) is 4.72. The first kappa shape index (κ1) is 9.68. The van der Waals surface area contributed by atoms with Crippen LogP contribution < -0.4 is 0 Å². The molecular weight excluding hydrogens is 223 g/mol. The average molecular weight is 232 g/mol. The molecule has 0 aliphatic heterocycles. The zero-order valence-electron chi connectivity index (χ0n) is 6.68. The summed E-state index contributed by atoms with van der Waals surface area (Å²) in [6.07, 6.45) is 1.81. The quantitative estimate of drug-likeness (QED) is 0.778. The van der Waals surface area contributed by atoms with Crippen LogP contribution in [-0.4, -0.2) is 13.7 Å². The molecule has 0 amide bonds. The highest BCUT2D eigenvalue weighted by Crippen LogP contribution is 2.15. The van der Waals surface area contributed by atoms with E-state index in [9.17, 15) is 4.39 Å². The van der Waals surface area contributed by atoms with Crippen molar-refractivity contribution >= 4 is 15.9 Å². The monoisotopic (exact) mass is 231 g/mol. The molecule has 0 atom stereocenters. The van der Waals surface area contributed by atoms with Crippen LogP contribution in [0.1, 0.15) is 5.56 Å². The lowest BCUT2D eigenvalue weighted by Crippen LogP contribution is -1.92. The van der Waals surface area contributed by atoms with Gasteiger partial charge in [0.25, 0.3) is 0 Å². The minimum Gasteiger partial charge on any atom is -0.384 e. The zero-order chi connectivity index (χ0) is 8.97. The van der Waals surface area contributed by atoms with Crippen LogP contribution in [0, 0.1) is 12.2 Å². The van der Waals surface area contributed by atoms with Crippen LogP contribution in [0.25, 0.3) is 0 Å². The molecule has 1 aromatic carbocycles. The van der Waals surface area contributed by atoms with Gasteiger partial charge in [0, 0.05) is 18.0 Å². The van der Waals surface area contributed by atoms with E-state index in [-0.39, 0.29) is 5.82 Å². The zero-order valence-corrected chi connectivity index (χ0v) is 8.27. The molecule has 0 saturated heterocycles. The fraction of sp³-hybridized carbons (Fsp3) is 0.222. The molecule has 3 heteroatoms. The molecule has 0 N–H and O–H groups in total. The molecule has 0 aliphatic carbocycles. The normalized spacial score (nSPS) is 10.2. The molecule has 1 aromatic rings. The maximum Gasteiger partial charge on any atom is 0.124 e. The van der Waals surface area contributed by atoms with Crippen molar-refractivity contribution in [2.24, 2.45) is 0 Å². The van der Waals surface area contributed by atoms with E-state index in [2.05, 4.69) is 15.9 Å². The largest absolute Gasteiger partial charge is 0.384 e. The van der Waals surface area contributed by atoms with Crippen molar-refractivity contribution in [3.8, 4) is 0 Å². The molecule has 0 heterocycles. The van der Waals surface area contributed by atoms with Gasteiger partial charge in [-0.3, -0.25) is 0 Å². The summed E-state index contributed by atoms with van der Waals surface area (Å²) < 4.78 is 18.3. The molecule has 0 unspecified atom stereocenters. The number of methoxy groups -OCH3 is 1. The van der Waals surface area contributed by atoms with Crippen LogP contribution in [0.4, 0.5) is 4.39 Å². The second-order valence-corrected chi connectivity index (χ2v) is 3.28. The topological polar surface area (TPSA) is 9.23 Å². The van der Waals surface area contributed by atoms with Crippen LogP contribution >= 0.6 is 15.9 Å². The number of halogens is 2. The van der Waals surface area contributed by atoms with Gasteiger partial charge in [0.1, 0.15) is 5.82 Å². The van der Waals surface area contributed by atoms with Gasteiger partial charge in [-0.2, -0.15) is 0 Å². The Balaban J connectivity index is 2.72. The first-order valence-corrected chi connectivity index (χ1v) is 4.30. The van der Waals surface area contributed by atoms with Gasteiger partial charge in [0.2, 0.25) is 0 Å². The van der Waals surface area contributed by atoms with Crippen LogP contribution in [0.5, 0.6) is 0 Å². The van der Waals surface area contributed by atoms with Gasteiger partial charge in [-0.25, -0.2) is 4.39 Å². The fourth-order valence-electron chi connectivity index (χ4n) is 0.873. The third-order valence-electron chi connectivity index (χ3n) is 1.37. The van der Waals surface area contributed by atoms with E-state index in [4.69, 9.17) is 4.74 Å². The first-order valence-electron chi connectivity index (χ1n) is 3.50. The maximum atomic E-state index is 12.8. The van der Waals surface area contributed by atoms with E-state index >= 15 is 0 Å². The molecule has 0 saturated carbocycles. The molecular formula is C9H9BrFO. The predicted molar refractivity (Wildman–Crippen MR) is 49.4 cm³/mol. The maximum absolute atomic E-state index is 12.8. The van der Waals surface area contributed by atoms with Crippen molar-refractivity contribution in [2.75, 3.05) is 13.7 Å². The lowest BCUT2D eigenvalue weighted by atomic mass is 10.2. The minimum absolute atomic E-state index is 0.244. The molecule has 1 rings (SSSR count). The second kappa shape index (κ2) is 4.58. The Hall–Kier alpha value is -0.410. The summed E-state index contributed by atoms with van der Waals surface area (Å²) in [7, 11) is 1.60. The third-order valence-corrected chi connectivity index (χ3v) is 1.83. The smallest absolute Gasteiger partial charge is 0.124 e. The van der Waals surface area contributed by atoms with Crippen molar-refractivity contribution in [3.63, 3.8) is 0 Å². The standard InChI is InChI=1S/C9H9BrFO/c1-12-3-2-7-4-8(10)6-9(11)5-7/h2,4-6H,3H2,1H3. The summed E-state index contributed by atoms with van der Waals surface area (Å²) in [5.74, 6) is -0.244. The Morgan fingerprint density at radius 1 is 1.50 bits per heavy atom. The molecule has 0 aliphatic rings. The summed E-state index contributed by atoms with van der Waals surface area (Å²) in [5, 5.41) is 0. The van der Waals surface area contributed by atoms with Gasteiger partial charge < -0.3 is 4.74 Å². The van der Waals surface area contributed by atoms with Crippen molar-refractivity contribution in [1.82, 2.24) is 0 Å². The van der Waals surface area contributed by atoms with Gasteiger partial charge in [-0.15, -0.1) is 0 Å². The number of hydrogen-bond acceptors (Lipinski definition) is 1. The minimum atomic E-state index is -0.244. The molecule has 12 heavy (non-hydrogen) atoms. The van der Waals surface area contributed by atoms with Gasteiger partial charge in [0.15, 0.2) is 0 Å². The summed E-state index contributed by atoms with van der Waals surface area (Å²) in [5.41, 5.74) is 0.823. The fourth-order valence-corrected chi connectivity index (χ4v) is 1.36. The third kappa shape index (κ3) is 2.91. The molecule has 1 nitrogen and oxygen atoms in total. The van der Waals surface area contributed by atoms with Gasteiger partial charge in [-0.05, 0) is 23.8 Å². The summed E-state index contributed by atoms with van der Waals surface area (Å²) in [6.45, 7) is 0.496. The SMILES string of the molecule is COC[CH]c1cc(F)cc(Br)c1. The number of ether oxygens (including phenoxy) is 1. The van der Waals surface area contributed by atoms with Gasteiger partial charge in [-0.1, -0.05) is 15.9 Å². The Labute approximate surface area is 79.7 Å². The highest BCUT2D eigenvalue weighted by molar-refractivity contribution is 9.10. The predicted octanol–water partition coefficient (Wildman–Crippen LogP) is 2.79. The highest BCUT2D eigenvalue weighted by Gasteiger charge is 1.98. The van der Waals surface area contributed by atoms with Gasteiger partial charge >= 0.3 is 0 Å². The van der Waals surface area contributed by atoms with E-state index in [1.807, 2.05) is 12.5 Å². The molecule has 0 bridgehead atoms. The van der Waals surface area contributed by atoms with Gasteiger partial charge in [0.05, 0.1) is 6.61 Å². The Bertz CT molecular complexity index is 242. The molecule has 0 fully saturated rings. The average Bonchev–Trinajstić information content (AvgIpc) is 1.99. The number of benzene rings is 1. The summed E-state index contributed by atoms with van der Waals surface area (Å²) >= 11 is 3.20. The van der Waals surface area contributed by atoms with Crippen LogP contribution in [0.3, 0.4) is 0 Å². The summed E-state index contributed by atoms with van der Waals surface area (Å²) in [4.78, 5) is 0. The lowest BCUT2D eigenvalue weighted by molar-refractivity contribution is 0.225. The van der Waals surface area contributed by atoms with Crippen molar-refractivity contribution < 1.29 is 9.13 Å². The van der Waals surface area contributed by atoms with E-state index in [1.54, 1.807) is 7.11 Å². The van der Waals surface area contributed by atoms with Crippen LogP contribution in [0.2, 0.25) is 0 Å². The van der Waals surface area contributed by atoms with Crippen LogP contribution in [0.15, 0.2) is 22.7 Å².